The molecular weight excluding hydrogens is 186 g/mol. The van der Waals surface area contributed by atoms with Gasteiger partial charge >= 0.3 is 0 Å². The summed E-state index contributed by atoms with van der Waals surface area (Å²) in [5.41, 5.74) is 2.59. The predicted octanol–water partition coefficient (Wildman–Crippen LogP) is 2.49. The summed E-state index contributed by atoms with van der Waals surface area (Å²) < 4.78 is 0. The van der Waals surface area contributed by atoms with Gasteiger partial charge in [0.2, 0.25) is 0 Å². The number of hydrogen-bond donors (Lipinski definition) is 2. The van der Waals surface area contributed by atoms with E-state index in [0.29, 0.717) is 0 Å². The van der Waals surface area contributed by atoms with Crippen LogP contribution < -0.4 is 5.32 Å². The van der Waals surface area contributed by atoms with Crippen LogP contribution in [0, 0.1) is 6.92 Å². The monoisotopic (exact) mass is 207 g/mol. The van der Waals surface area contributed by atoms with Gasteiger partial charge in [0.05, 0.1) is 12.2 Å². The van der Waals surface area contributed by atoms with E-state index < -0.39 is 0 Å². The zero-order chi connectivity index (χ0) is 10.7. The summed E-state index contributed by atoms with van der Waals surface area (Å²) in [5, 5.41) is 3.30. The Bertz CT molecular complexity index is 311. The molecule has 0 atom stereocenters. The summed E-state index contributed by atoms with van der Waals surface area (Å²) in [5.74, 6) is 1.81. The molecular formula is C12H21N3. The maximum Gasteiger partial charge on any atom is 0.120 e. The Balaban J connectivity index is 2.06. The molecule has 0 aliphatic heterocycles. The quantitative estimate of drug-likeness (QED) is 0.796. The average Bonchev–Trinajstić information content (AvgIpc) is 2.83. The molecule has 0 saturated heterocycles. The van der Waals surface area contributed by atoms with Gasteiger partial charge in [-0.2, -0.15) is 0 Å². The van der Waals surface area contributed by atoms with E-state index in [1.54, 1.807) is 0 Å². The number of hydrogen-bond acceptors (Lipinski definition) is 2. The largest absolute Gasteiger partial charge is 0.345 e. The zero-order valence-electron chi connectivity index (χ0n) is 9.77. The molecule has 3 heteroatoms. The second kappa shape index (κ2) is 4.79. The fourth-order valence-electron chi connectivity index (χ4n) is 2.46. The molecule has 2 rings (SSSR count). The highest BCUT2D eigenvalue weighted by atomic mass is 15.0. The Morgan fingerprint density at radius 3 is 2.80 bits per heavy atom. The molecule has 1 aliphatic rings. The third-order valence-electron chi connectivity index (χ3n) is 3.26. The third-order valence-corrected chi connectivity index (χ3v) is 3.26. The minimum absolute atomic E-state index is 0.719. The highest BCUT2D eigenvalue weighted by molar-refractivity contribution is 5.18. The normalized spacial score (nSPS) is 17.5. The van der Waals surface area contributed by atoms with Crippen molar-refractivity contribution in [3.05, 3.63) is 17.2 Å². The lowest BCUT2D eigenvalue weighted by atomic mass is 10.0. The fourth-order valence-corrected chi connectivity index (χ4v) is 2.46. The molecule has 0 unspecified atom stereocenters. The number of imidazole rings is 1. The van der Waals surface area contributed by atoms with Gasteiger partial charge in [0, 0.05) is 11.6 Å². The van der Waals surface area contributed by atoms with E-state index in [1.807, 2.05) is 0 Å². The number of nitrogens with one attached hydrogen (secondary N) is 2. The predicted molar refractivity (Wildman–Crippen MR) is 61.9 cm³/mol. The molecule has 2 N–H and O–H groups in total. The number of rotatable bonds is 4. The van der Waals surface area contributed by atoms with Crippen molar-refractivity contribution in [1.82, 2.24) is 15.3 Å². The molecule has 1 aromatic heterocycles. The molecule has 1 aliphatic carbocycles. The van der Waals surface area contributed by atoms with Crippen molar-refractivity contribution in [3.63, 3.8) is 0 Å². The molecule has 15 heavy (non-hydrogen) atoms. The van der Waals surface area contributed by atoms with Gasteiger partial charge in [-0.3, -0.25) is 0 Å². The first-order valence-electron chi connectivity index (χ1n) is 6.07. The van der Waals surface area contributed by atoms with Crippen LogP contribution in [0.2, 0.25) is 0 Å². The molecule has 84 valence electrons. The number of aryl methyl sites for hydroxylation is 1. The Morgan fingerprint density at radius 1 is 1.40 bits per heavy atom. The van der Waals surface area contributed by atoms with Crippen LogP contribution >= 0.6 is 0 Å². The van der Waals surface area contributed by atoms with Crippen molar-refractivity contribution in [2.75, 3.05) is 6.54 Å². The van der Waals surface area contributed by atoms with Crippen LogP contribution in [0.15, 0.2) is 0 Å². The molecule has 0 radical (unpaired) electrons. The minimum atomic E-state index is 0.719. The first-order chi connectivity index (χ1) is 7.31. The number of aromatic nitrogens is 2. The highest BCUT2D eigenvalue weighted by Gasteiger charge is 2.21. The van der Waals surface area contributed by atoms with E-state index in [0.717, 1.165) is 24.8 Å². The standard InChI is InChI=1S/C12H21N3/c1-3-13-8-11-14-9(2)12(15-11)10-6-4-5-7-10/h10,13H,3-8H2,1-2H3,(H,14,15). The van der Waals surface area contributed by atoms with Gasteiger partial charge in [0.1, 0.15) is 5.82 Å². The van der Waals surface area contributed by atoms with Crippen molar-refractivity contribution < 1.29 is 0 Å². The minimum Gasteiger partial charge on any atom is -0.345 e. The van der Waals surface area contributed by atoms with E-state index in [1.165, 1.54) is 37.1 Å². The van der Waals surface area contributed by atoms with E-state index in [-0.39, 0.29) is 0 Å². The molecule has 1 aromatic rings. The van der Waals surface area contributed by atoms with Gasteiger partial charge in [0.25, 0.3) is 0 Å². The van der Waals surface area contributed by atoms with Crippen LogP contribution in [0.3, 0.4) is 0 Å². The average molecular weight is 207 g/mol. The number of H-pyrrole nitrogens is 1. The summed E-state index contributed by atoms with van der Waals surface area (Å²) in [4.78, 5) is 8.09. The fraction of sp³-hybridized carbons (Fsp3) is 0.750. The van der Waals surface area contributed by atoms with Crippen molar-refractivity contribution in [2.45, 2.75) is 52.0 Å². The van der Waals surface area contributed by atoms with Crippen LogP contribution in [-0.4, -0.2) is 16.5 Å². The molecule has 0 amide bonds. The van der Waals surface area contributed by atoms with Crippen molar-refractivity contribution in [2.24, 2.45) is 0 Å². The van der Waals surface area contributed by atoms with E-state index in [9.17, 15) is 0 Å². The van der Waals surface area contributed by atoms with E-state index >= 15 is 0 Å². The summed E-state index contributed by atoms with van der Waals surface area (Å²) in [6.07, 6.45) is 5.40. The second-order valence-electron chi connectivity index (χ2n) is 4.46. The Hall–Kier alpha value is -0.830. The van der Waals surface area contributed by atoms with E-state index in [4.69, 9.17) is 4.98 Å². The van der Waals surface area contributed by atoms with Gasteiger partial charge in [0.15, 0.2) is 0 Å². The van der Waals surface area contributed by atoms with Gasteiger partial charge < -0.3 is 10.3 Å². The Labute approximate surface area is 91.7 Å². The van der Waals surface area contributed by atoms with Gasteiger partial charge in [-0.05, 0) is 26.3 Å². The Morgan fingerprint density at radius 2 is 2.13 bits per heavy atom. The summed E-state index contributed by atoms with van der Waals surface area (Å²) >= 11 is 0. The number of nitrogens with zero attached hydrogens (tertiary/aromatic N) is 1. The molecule has 0 spiro atoms. The molecule has 1 fully saturated rings. The lowest BCUT2D eigenvalue weighted by Crippen LogP contribution is -2.12. The summed E-state index contributed by atoms with van der Waals surface area (Å²) in [6, 6.07) is 0. The topological polar surface area (TPSA) is 40.7 Å². The smallest absolute Gasteiger partial charge is 0.120 e. The van der Waals surface area contributed by atoms with Crippen LogP contribution in [0.1, 0.15) is 55.7 Å². The number of aromatic amines is 1. The molecule has 1 heterocycles. The van der Waals surface area contributed by atoms with E-state index in [2.05, 4.69) is 24.1 Å². The van der Waals surface area contributed by atoms with Crippen LogP contribution in [0.4, 0.5) is 0 Å². The highest BCUT2D eigenvalue weighted by Crippen LogP contribution is 2.34. The lowest BCUT2D eigenvalue weighted by Gasteiger charge is -2.05. The van der Waals surface area contributed by atoms with Crippen molar-refractivity contribution in [3.8, 4) is 0 Å². The van der Waals surface area contributed by atoms with Crippen molar-refractivity contribution in [1.29, 1.82) is 0 Å². The maximum atomic E-state index is 4.71. The van der Waals surface area contributed by atoms with Gasteiger partial charge in [-0.25, -0.2) is 4.98 Å². The Kier molecular flexibility index (Phi) is 3.41. The summed E-state index contributed by atoms with van der Waals surface area (Å²) in [6.45, 7) is 6.13. The van der Waals surface area contributed by atoms with Crippen LogP contribution in [-0.2, 0) is 6.54 Å². The second-order valence-corrected chi connectivity index (χ2v) is 4.46. The van der Waals surface area contributed by atoms with Crippen LogP contribution in [0.25, 0.3) is 0 Å². The molecule has 0 aromatic carbocycles. The SMILES string of the molecule is CCNCc1nc(C2CCCC2)c(C)[nH]1. The maximum absolute atomic E-state index is 4.71. The molecule has 3 nitrogen and oxygen atoms in total. The first-order valence-corrected chi connectivity index (χ1v) is 6.07. The molecule has 1 saturated carbocycles. The van der Waals surface area contributed by atoms with Gasteiger partial charge in [-0.1, -0.05) is 19.8 Å². The van der Waals surface area contributed by atoms with Crippen molar-refractivity contribution >= 4 is 0 Å². The lowest BCUT2D eigenvalue weighted by molar-refractivity contribution is 0.676. The summed E-state index contributed by atoms with van der Waals surface area (Å²) in [7, 11) is 0. The molecule has 0 bridgehead atoms. The zero-order valence-corrected chi connectivity index (χ0v) is 9.77. The third kappa shape index (κ3) is 2.40. The van der Waals surface area contributed by atoms with Crippen LogP contribution in [0.5, 0.6) is 0 Å². The first kappa shape index (κ1) is 10.7. The van der Waals surface area contributed by atoms with Gasteiger partial charge in [-0.15, -0.1) is 0 Å².